The zero-order chi connectivity index (χ0) is 8.85. The summed E-state index contributed by atoms with van der Waals surface area (Å²) in [5.41, 5.74) is 0. The lowest BCUT2D eigenvalue weighted by molar-refractivity contribution is -0.133. The minimum atomic E-state index is -0.359. The lowest BCUT2D eigenvalue weighted by atomic mass is 10.6. The minimum Gasteiger partial charge on any atom is -0.399 e. The number of nitrogens with zero attached hydrogens (tertiary/aromatic N) is 1. The fourth-order valence-electron chi connectivity index (χ4n) is 0.669. The summed E-state index contributed by atoms with van der Waals surface area (Å²) >= 11 is 4.83. The summed E-state index contributed by atoms with van der Waals surface area (Å²) in [5, 5.41) is 0.266. The van der Waals surface area contributed by atoms with Crippen molar-refractivity contribution in [2.45, 2.75) is 20.8 Å². The number of hydrogen-bond donors (Lipinski definition) is 0. The molecule has 0 aromatic heterocycles. The number of carbonyl (C=O) groups excluding carboxylic acids is 1. The van der Waals surface area contributed by atoms with E-state index in [0.717, 1.165) is 13.1 Å². The number of ether oxygens (including phenoxy) is 1. The molecule has 0 heterocycles. The first-order valence-electron chi connectivity index (χ1n) is 3.59. The van der Waals surface area contributed by atoms with Crippen molar-refractivity contribution in [2.24, 2.45) is 0 Å². The molecule has 0 unspecified atom stereocenters. The van der Waals surface area contributed by atoms with Gasteiger partial charge in [-0.2, -0.15) is 0 Å². The summed E-state index contributed by atoms with van der Waals surface area (Å²) < 4.78 is 4.71. The molecular formula is C7H13NO2S. The lowest BCUT2D eigenvalue weighted by Gasteiger charge is -2.19. The molecule has 0 radical (unpaired) electrons. The van der Waals surface area contributed by atoms with Crippen molar-refractivity contribution in [2.75, 3.05) is 13.1 Å². The third kappa shape index (κ3) is 3.93. The van der Waals surface area contributed by atoms with Crippen LogP contribution >= 0.6 is 12.2 Å². The summed E-state index contributed by atoms with van der Waals surface area (Å²) in [6.45, 7) is 6.79. The molecule has 3 nitrogen and oxygen atoms in total. The molecule has 0 atom stereocenters. The van der Waals surface area contributed by atoms with Crippen LogP contribution in [-0.4, -0.2) is 29.1 Å². The smallest absolute Gasteiger partial charge is 0.309 e. The highest BCUT2D eigenvalue weighted by Gasteiger charge is 2.07. The minimum absolute atomic E-state index is 0.266. The van der Waals surface area contributed by atoms with Crippen LogP contribution < -0.4 is 0 Å². The van der Waals surface area contributed by atoms with Gasteiger partial charge >= 0.3 is 5.97 Å². The predicted molar refractivity (Wildman–Crippen MR) is 47.3 cm³/mol. The Bertz CT molecular complexity index is 155. The number of thiocarbonyl (C=S) groups is 1. The fourth-order valence-corrected chi connectivity index (χ4v) is 1.04. The second-order valence-electron chi connectivity index (χ2n) is 2.03. The summed E-state index contributed by atoms with van der Waals surface area (Å²) in [7, 11) is 0. The second-order valence-corrected chi connectivity index (χ2v) is 2.38. The topological polar surface area (TPSA) is 29.5 Å². The fraction of sp³-hybridized carbons (Fsp3) is 0.714. The molecule has 64 valence electrons. The van der Waals surface area contributed by atoms with Crippen molar-refractivity contribution in [3.05, 3.63) is 0 Å². The van der Waals surface area contributed by atoms with Crippen LogP contribution in [0.25, 0.3) is 0 Å². The average molecular weight is 175 g/mol. The van der Waals surface area contributed by atoms with Gasteiger partial charge in [-0.1, -0.05) is 0 Å². The summed E-state index contributed by atoms with van der Waals surface area (Å²) in [6.07, 6.45) is 0. The van der Waals surface area contributed by atoms with Crippen molar-refractivity contribution < 1.29 is 9.53 Å². The molecule has 0 saturated carbocycles. The van der Waals surface area contributed by atoms with Gasteiger partial charge in [0.05, 0.1) is 0 Å². The molecule has 0 aliphatic rings. The second kappa shape index (κ2) is 5.07. The van der Waals surface area contributed by atoms with E-state index >= 15 is 0 Å². The Morgan fingerprint density at radius 1 is 1.45 bits per heavy atom. The molecule has 0 N–H and O–H groups in total. The first-order chi connectivity index (χ1) is 5.11. The molecule has 0 aromatic carbocycles. The van der Waals surface area contributed by atoms with Gasteiger partial charge in [-0.3, -0.25) is 4.79 Å². The number of hydrogen-bond acceptors (Lipinski definition) is 3. The Labute approximate surface area is 72.3 Å². The van der Waals surface area contributed by atoms with Crippen LogP contribution in [0.1, 0.15) is 20.8 Å². The SMILES string of the molecule is CCN(CC)C(=S)OC(C)=O. The maximum Gasteiger partial charge on any atom is 0.309 e. The van der Waals surface area contributed by atoms with Crippen LogP contribution in [0.5, 0.6) is 0 Å². The molecule has 0 aliphatic carbocycles. The molecule has 0 bridgehead atoms. The third-order valence-corrected chi connectivity index (χ3v) is 1.59. The largest absolute Gasteiger partial charge is 0.399 e. The molecule has 0 aliphatic heterocycles. The standard InChI is InChI=1S/C7H13NO2S/c1-4-8(5-2)7(11)10-6(3)9/h4-5H2,1-3H3. The maximum atomic E-state index is 10.5. The quantitative estimate of drug-likeness (QED) is 0.465. The number of esters is 1. The van der Waals surface area contributed by atoms with Gasteiger partial charge in [-0.25, -0.2) is 0 Å². The zero-order valence-electron chi connectivity index (χ0n) is 7.09. The normalized spacial score (nSPS) is 9.00. The van der Waals surface area contributed by atoms with Gasteiger partial charge in [0.2, 0.25) is 0 Å². The van der Waals surface area contributed by atoms with E-state index in [1.807, 2.05) is 13.8 Å². The number of carbonyl (C=O) groups is 1. The molecule has 0 rings (SSSR count). The van der Waals surface area contributed by atoms with Gasteiger partial charge in [0.1, 0.15) is 0 Å². The highest BCUT2D eigenvalue weighted by atomic mass is 32.1. The van der Waals surface area contributed by atoms with Crippen molar-refractivity contribution in [3.8, 4) is 0 Å². The van der Waals surface area contributed by atoms with E-state index in [1.54, 1.807) is 4.90 Å². The van der Waals surface area contributed by atoms with Gasteiger partial charge in [-0.15, -0.1) is 0 Å². The van der Waals surface area contributed by atoms with E-state index in [2.05, 4.69) is 0 Å². The Hall–Kier alpha value is -0.640. The summed E-state index contributed by atoms with van der Waals surface area (Å²) in [5.74, 6) is -0.359. The first-order valence-corrected chi connectivity index (χ1v) is 4.00. The molecule has 0 saturated heterocycles. The van der Waals surface area contributed by atoms with Gasteiger partial charge in [0, 0.05) is 20.0 Å². The van der Waals surface area contributed by atoms with E-state index in [9.17, 15) is 4.79 Å². The maximum absolute atomic E-state index is 10.5. The summed E-state index contributed by atoms with van der Waals surface area (Å²) in [6, 6.07) is 0. The van der Waals surface area contributed by atoms with E-state index < -0.39 is 0 Å². The van der Waals surface area contributed by atoms with E-state index in [4.69, 9.17) is 17.0 Å². The monoisotopic (exact) mass is 175 g/mol. The van der Waals surface area contributed by atoms with Crippen LogP contribution in [-0.2, 0) is 9.53 Å². The highest BCUT2D eigenvalue weighted by molar-refractivity contribution is 7.80. The first kappa shape index (κ1) is 10.4. The van der Waals surface area contributed by atoms with Gasteiger partial charge in [0.25, 0.3) is 5.17 Å². The van der Waals surface area contributed by atoms with Crippen molar-refractivity contribution in [1.29, 1.82) is 0 Å². The van der Waals surface area contributed by atoms with Crippen LogP contribution in [0.15, 0.2) is 0 Å². The van der Waals surface area contributed by atoms with Gasteiger partial charge < -0.3 is 9.64 Å². The third-order valence-electron chi connectivity index (χ3n) is 1.25. The lowest BCUT2D eigenvalue weighted by Crippen LogP contribution is -2.31. The van der Waals surface area contributed by atoms with Crippen LogP contribution in [0.3, 0.4) is 0 Å². The van der Waals surface area contributed by atoms with Crippen LogP contribution in [0.4, 0.5) is 0 Å². The Morgan fingerprint density at radius 3 is 2.18 bits per heavy atom. The van der Waals surface area contributed by atoms with Crippen LogP contribution in [0, 0.1) is 0 Å². The van der Waals surface area contributed by atoms with E-state index in [1.165, 1.54) is 6.92 Å². The molecule has 0 amide bonds. The Morgan fingerprint density at radius 2 is 1.91 bits per heavy atom. The molecule has 11 heavy (non-hydrogen) atoms. The Balaban J connectivity index is 3.89. The zero-order valence-corrected chi connectivity index (χ0v) is 7.90. The van der Waals surface area contributed by atoms with E-state index in [0.29, 0.717) is 0 Å². The van der Waals surface area contributed by atoms with Gasteiger partial charge in [-0.05, 0) is 26.1 Å². The molecule has 4 heteroatoms. The van der Waals surface area contributed by atoms with Crippen molar-refractivity contribution in [1.82, 2.24) is 4.90 Å². The molecule has 0 fully saturated rings. The predicted octanol–water partition coefficient (Wildman–Crippen LogP) is 1.18. The van der Waals surface area contributed by atoms with Crippen molar-refractivity contribution >= 4 is 23.4 Å². The molecule has 0 aromatic rings. The highest BCUT2D eigenvalue weighted by Crippen LogP contribution is 1.93. The molecular weight excluding hydrogens is 162 g/mol. The Kier molecular flexibility index (Phi) is 4.77. The van der Waals surface area contributed by atoms with Gasteiger partial charge in [0.15, 0.2) is 0 Å². The van der Waals surface area contributed by atoms with Crippen molar-refractivity contribution in [3.63, 3.8) is 0 Å². The molecule has 0 spiro atoms. The summed E-state index contributed by atoms with van der Waals surface area (Å²) in [4.78, 5) is 12.3. The van der Waals surface area contributed by atoms with E-state index in [-0.39, 0.29) is 11.1 Å². The number of rotatable bonds is 2. The van der Waals surface area contributed by atoms with Crippen LogP contribution in [0.2, 0.25) is 0 Å². The average Bonchev–Trinajstić information content (AvgIpc) is 1.88.